The zero-order valence-electron chi connectivity index (χ0n) is 10.8. The second-order valence-corrected chi connectivity index (χ2v) is 5.16. The van der Waals surface area contributed by atoms with Crippen molar-refractivity contribution in [3.05, 3.63) is 58.0 Å². The van der Waals surface area contributed by atoms with Crippen LogP contribution in [0.15, 0.2) is 47.5 Å². The molecule has 2 aromatic heterocycles. The fraction of sp³-hybridized carbons (Fsp3) is 0.0667. The summed E-state index contributed by atoms with van der Waals surface area (Å²) >= 11 is 1.22. The van der Waals surface area contributed by atoms with Gasteiger partial charge in [0.2, 0.25) is 0 Å². The maximum atomic E-state index is 11.9. The van der Waals surface area contributed by atoms with Crippen molar-refractivity contribution in [2.45, 2.75) is 0 Å². The lowest BCUT2D eigenvalue weighted by Crippen LogP contribution is -2.05. The van der Waals surface area contributed by atoms with Crippen LogP contribution in [0.25, 0.3) is 22.5 Å². The molecule has 0 bridgehead atoms. The molecule has 0 unspecified atom stereocenters. The molecule has 0 aliphatic heterocycles. The molecule has 2 heterocycles. The van der Waals surface area contributed by atoms with E-state index in [0.29, 0.717) is 0 Å². The van der Waals surface area contributed by atoms with Crippen molar-refractivity contribution in [1.82, 2.24) is 9.55 Å². The minimum atomic E-state index is -0.0160. The van der Waals surface area contributed by atoms with E-state index >= 15 is 0 Å². The van der Waals surface area contributed by atoms with Gasteiger partial charge in [0.25, 0.3) is 0 Å². The highest BCUT2D eigenvalue weighted by Crippen LogP contribution is 2.17. The highest BCUT2D eigenvalue weighted by atomic mass is 32.1. The molecule has 0 aliphatic carbocycles. The Morgan fingerprint density at radius 2 is 2.05 bits per heavy atom. The van der Waals surface area contributed by atoms with Crippen molar-refractivity contribution in [3.8, 4) is 5.75 Å². The van der Waals surface area contributed by atoms with Gasteiger partial charge in [0.1, 0.15) is 5.75 Å². The summed E-state index contributed by atoms with van der Waals surface area (Å²) < 4.78 is 7.65. The fourth-order valence-electron chi connectivity index (χ4n) is 1.90. The maximum Gasteiger partial charge on any atom is 0.312 e. The van der Waals surface area contributed by atoms with Crippen molar-refractivity contribution in [2.75, 3.05) is 7.11 Å². The lowest BCUT2D eigenvalue weighted by molar-refractivity contribution is 0.415. The third kappa shape index (κ3) is 2.35. The van der Waals surface area contributed by atoms with E-state index < -0.39 is 0 Å². The molecule has 0 saturated heterocycles. The van der Waals surface area contributed by atoms with Crippen LogP contribution >= 0.6 is 11.3 Å². The average Bonchev–Trinajstić information content (AvgIpc) is 2.81. The Hall–Kier alpha value is -2.40. The van der Waals surface area contributed by atoms with Gasteiger partial charge in [0.15, 0.2) is 0 Å². The molecule has 1 aromatic carbocycles. The normalized spacial score (nSPS) is 11.2. The zero-order chi connectivity index (χ0) is 13.9. The van der Waals surface area contributed by atoms with Gasteiger partial charge in [-0.3, -0.25) is 14.3 Å². The molecule has 100 valence electrons. The second kappa shape index (κ2) is 5.30. The van der Waals surface area contributed by atoms with Crippen LogP contribution in [0, 0.1) is 0 Å². The molecule has 4 nitrogen and oxygen atoms in total. The predicted octanol–water partition coefficient (Wildman–Crippen LogP) is 3.09. The SMILES string of the molecule is COc1ccc(/C=C/n2c(=O)sc3ccncc32)cc1. The summed E-state index contributed by atoms with van der Waals surface area (Å²) in [5.41, 5.74) is 1.83. The first-order valence-corrected chi connectivity index (χ1v) is 6.87. The third-order valence-electron chi connectivity index (χ3n) is 2.95. The summed E-state index contributed by atoms with van der Waals surface area (Å²) in [6.45, 7) is 0. The number of ether oxygens (including phenoxy) is 1. The molecular formula is C15H12N2O2S. The summed E-state index contributed by atoms with van der Waals surface area (Å²) in [5, 5.41) is 0. The summed E-state index contributed by atoms with van der Waals surface area (Å²) in [4.78, 5) is 16.0. The van der Waals surface area contributed by atoms with Gasteiger partial charge in [-0.2, -0.15) is 0 Å². The Balaban J connectivity index is 1.97. The monoisotopic (exact) mass is 284 g/mol. The first-order chi connectivity index (χ1) is 9.78. The number of methoxy groups -OCH3 is 1. The van der Waals surface area contributed by atoms with E-state index in [4.69, 9.17) is 4.74 Å². The van der Waals surface area contributed by atoms with E-state index in [2.05, 4.69) is 4.98 Å². The third-order valence-corrected chi connectivity index (χ3v) is 3.88. The number of fused-ring (bicyclic) bond motifs is 1. The lowest BCUT2D eigenvalue weighted by Gasteiger charge is -1.99. The molecule has 0 amide bonds. The first-order valence-electron chi connectivity index (χ1n) is 6.05. The van der Waals surface area contributed by atoms with Crippen LogP contribution in [0.4, 0.5) is 0 Å². The van der Waals surface area contributed by atoms with Crippen LogP contribution in [0.3, 0.4) is 0 Å². The molecule has 0 fully saturated rings. The van der Waals surface area contributed by atoms with Crippen molar-refractivity contribution in [1.29, 1.82) is 0 Å². The summed E-state index contributed by atoms with van der Waals surface area (Å²) in [6.07, 6.45) is 7.05. The minimum absolute atomic E-state index is 0.0160. The summed E-state index contributed by atoms with van der Waals surface area (Å²) in [5.74, 6) is 0.810. The van der Waals surface area contributed by atoms with Crippen LogP contribution in [-0.4, -0.2) is 16.7 Å². The largest absolute Gasteiger partial charge is 0.497 e. The van der Waals surface area contributed by atoms with Crippen molar-refractivity contribution in [2.24, 2.45) is 0 Å². The number of pyridine rings is 1. The van der Waals surface area contributed by atoms with Crippen molar-refractivity contribution in [3.63, 3.8) is 0 Å². The van der Waals surface area contributed by atoms with Gasteiger partial charge < -0.3 is 4.74 Å². The van der Waals surface area contributed by atoms with Gasteiger partial charge >= 0.3 is 4.87 Å². The number of benzene rings is 1. The molecule has 5 heteroatoms. The van der Waals surface area contributed by atoms with Gasteiger partial charge in [-0.25, -0.2) is 0 Å². The van der Waals surface area contributed by atoms with E-state index in [1.54, 1.807) is 30.3 Å². The number of rotatable bonds is 3. The number of thiazole rings is 1. The standard InChI is InChI=1S/C15H12N2O2S/c1-19-12-4-2-11(3-5-12)7-9-17-13-10-16-8-6-14(13)20-15(17)18/h2-10H,1H3/b9-7+. The van der Waals surface area contributed by atoms with Crippen LogP contribution in [0.2, 0.25) is 0 Å². The lowest BCUT2D eigenvalue weighted by atomic mass is 10.2. The molecular weight excluding hydrogens is 272 g/mol. The van der Waals surface area contributed by atoms with E-state index in [0.717, 1.165) is 21.5 Å². The molecule has 0 radical (unpaired) electrons. The van der Waals surface area contributed by atoms with Crippen LogP contribution < -0.4 is 9.61 Å². The van der Waals surface area contributed by atoms with Gasteiger partial charge in [-0.1, -0.05) is 23.5 Å². The molecule has 0 aliphatic rings. The Bertz CT molecular complexity index is 816. The van der Waals surface area contributed by atoms with E-state index in [-0.39, 0.29) is 4.87 Å². The highest BCUT2D eigenvalue weighted by Gasteiger charge is 2.04. The molecule has 0 spiro atoms. The molecule has 0 saturated carbocycles. The number of aromatic nitrogens is 2. The van der Waals surface area contributed by atoms with Crippen LogP contribution in [0.1, 0.15) is 5.56 Å². The molecule has 0 atom stereocenters. The van der Waals surface area contributed by atoms with Crippen molar-refractivity contribution < 1.29 is 4.74 Å². The first kappa shape index (κ1) is 12.6. The van der Waals surface area contributed by atoms with Crippen molar-refractivity contribution >= 4 is 33.8 Å². The summed E-state index contributed by atoms with van der Waals surface area (Å²) in [6, 6.07) is 9.49. The predicted molar refractivity (Wildman–Crippen MR) is 82.1 cm³/mol. The Kier molecular flexibility index (Phi) is 3.35. The molecule has 20 heavy (non-hydrogen) atoms. The average molecular weight is 284 g/mol. The van der Waals surface area contributed by atoms with E-state index in [1.165, 1.54) is 11.3 Å². The van der Waals surface area contributed by atoms with E-state index in [9.17, 15) is 4.79 Å². The highest BCUT2D eigenvalue weighted by molar-refractivity contribution is 7.16. The maximum absolute atomic E-state index is 11.9. The molecule has 3 rings (SSSR count). The van der Waals surface area contributed by atoms with Crippen LogP contribution in [-0.2, 0) is 0 Å². The van der Waals surface area contributed by atoms with Gasteiger partial charge in [0.05, 0.1) is 23.5 Å². The molecule has 0 N–H and O–H groups in total. The number of hydrogen-bond acceptors (Lipinski definition) is 4. The number of nitrogens with zero attached hydrogens (tertiary/aromatic N) is 2. The summed E-state index contributed by atoms with van der Waals surface area (Å²) in [7, 11) is 1.63. The van der Waals surface area contributed by atoms with Gasteiger partial charge in [0, 0.05) is 12.4 Å². The Morgan fingerprint density at radius 3 is 2.80 bits per heavy atom. The Labute approximate surface area is 119 Å². The smallest absolute Gasteiger partial charge is 0.312 e. The Morgan fingerprint density at radius 1 is 1.25 bits per heavy atom. The second-order valence-electron chi connectivity index (χ2n) is 4.17. The van der Waals surface area contributed by atoms with Gasteiger partial charge in [-0.05, 0) is 29.8 Å². The molecule has 3 aromatic rings. The fourth-order valence-corrected chi connectivity index (χ4v) is 2.73. The topological polar surface area (TPSA) is 44.1 Å². The number of hydrogen-bond donors (Lipinski definition) is 0. The zero-order valence-corrected chi connectivity index (χ0v) is 11.6. The van der Waals surface area contributed by atoms with Crippen LogP contribution in [0.5, 0.6) is 5.75 Å². The van der Waals surface area contributed by atoms with E-state index in [1.807, 2.05) is 36.4 Å². The minimum Gasteiger partial charge on any atom is -0.497 e. The quantitative estimate of drug-likeness (QED) is 0.742. The van der Waals surface area contributed by atoms with Gasteiger partial charge in [-0.15, -0.1) is 0 Å².